The molecule has 0 unspecified atom stereocenters. The Hall–Kier alpha value is -3.23. The maximum absolute atomic E-state index is 12.7. The highest BCUT2D eigenvalue weighted by atomic mass is 16.7. The molecule has 2 aliphatic heterocycles. The van der Waals surface area contributed by atoms with Crippen molar-refractivity contribution in [2.45, 2.75) is 18.6 Å². The van der Waals surface area contributed by atoms with Crippen LogP contribution in [0.15, 0.2) is 59.0 Å². The molecule has 31 heavy (non-hydrogen) atoms. The molecule has 8 heteroatoms. The van der Waals surface area contributed by atoms with E-state index in [1.54, 1.807) is 11.0 Å². The lowest BCUT2D eigenvalue weighted by molar-refractivity contribution is -0.187. The predicted molar refractivity (Wildman–Crippen MR) is 111 cm³/mol. The van der Waals surface area contributed by atoms with Crippen LogP contribution < -0.4 is 4.74 Å². The summed E-state index contributed by atoms with van der Waals surface area (Å²) in [6.45, 7) is 2.36. The molecular formula is C23H23N3O5. The van der Waals surface area contributed by atoms with Gasteiger partial charge in [-0.15, -0.1) is 10.2 Å². The summed E-state index contributed by atoms with van der Waals surface area (Å²) in [5.41, 5.74) is 1.49. The van der Waals surface area contributed by atoms with Gasteiger partial charge in [-0.2, -0.15) is 0 Å². The molecule has 0 bridgehead atoms. The average Bonchev–Trinajstić information content (AvgIpc) is 3.49. The number of likely N-dealkylation sites (tertiary alicyclic amines) is 1. The maximum Gasteiger partial charge on any atom is 0.260 e. The third-order valence-corrected chi connectivity index (χ3v) is 5.61. The minimum absolute atomic E-state index is 0.0641. The second-order valence-corrected chi connectivity index (χ2v) is 7.55. The Morgan fingerprint density at radius 1 is 0.935 bits per heavy atom. The van der Waals surface area contributed by atoms with Gasteiger partial charge >= 0.3 is 0 Å². The van der Waals surface area contributed by atoms with Gasteiger partial charge in [0, 0.05) is 31.5 Å². The summed E-state index contributed by atoms with van der Waals surface area (Å²) in [5.74, 6) is 0.726. The van der Waals surface area contributed by atoms with Gasteiger partial charge in [-0.1, -0.05) is 30.3 Å². The largest absolute Gasteiger partial charge is 0.483 e. The van der Waals surface area contributed by atoms with E-state index in [9.17, 15) is 4.79 Å². The Kier molecular flexibility index (Phi) is 5.40. The predicted octanol–water partition coefficient (Wildman–Crippen LogP) is 3.15. The first-order chi connectivity index (χ1) is 15.2. The number of hydrogen-bond acceptors (Lipinski definition) is 7. The Labute approximate surface area is 179 Å². The molecule has 1 amide bonds. The molecule has 0 atom stereocenters. The van der Waals surface area contributed by atoms with Gasteiger partial charge < -0.3 is 23.5 Å². The number of nitrogens with zero attached hydrogens (tertiary/aromatic N) is 3. The van der Waals surface area contributed by atoms with Crippen LogP contribution in [0, 0.1) is 0 Å². The van der Waals surface area contributed by atoms with Crippen molar-refractivity contribution in [1.82, 2.24) is 15.1 Å². The summed E-state index contributed by atoms with van der Waals surface area (Å²) in [6, 6.07) is 16.9. The molecule has 2 aromatic carbocycles. The lowest BCUT2D eigenvalue weighted by Crippen LogP contribution is -2.48. The number of rotatable bonds is 5. The van der Waals surface area contributed by atoms with Crippen LogP contribution in [0.4, 0.5) is 0 Å². The zero-order valence-corrected chi connectivity index (χ0v) is 17.0. The summed E-state index contributed by atoms with van der Waals surface area (Å²) >= 11 is 0. The minimum Gasteiger partial charge on any atom is -0.483 e. The van der Waals surface area contributed by atoms with E-state index in [1.807, 2.05) is 48.5 Å². The fourth-order valence-corrected chi connectivity index (χ4v) is 3.91. The molecule has 2 saturated heterocycles. The van der Waals surface area contributed by atoms with Gasteiger partial charge in [0.15, 0.2) is 12.4 Å². The van der Waals surface area contributed by atoms with Gasteiger partial charge in [0.2, 0.25) is 5.89 Å². The number of hydrogen-bond donors (Lipinski definition) is 0. The van der Waals surface area contributed by atoms with Crippen molar-refractivity contribution < 1.29 is 23.4 Å². The van der Waals surface area contributed by atoms with Gasteiger partial charge in [0.1, 0.15) is 5.75 Å². The Bertz CT molecular complexity index is 1040. The summed E-state index contributed by atoms with van der Waals surface area (Å²) in [5, 5.41) is 8.30. The van der Waals surface area contributed by atoms with Crippen LogP contribution in [-0.4, -0.2) is 59.7 Å². The normalized spacial score (nSPS) is 17.7. The summed E-state index contributed by atoms with van der Waals surface area (Å²) in [4.78, 5) is 14.5. The lowest BCUT2D eigenvalue weighted by Gasteiger charge is -2.37. The van der Waals surface area contributed by atoms with Gasteiger partial charge in [-0.25, -0.2) is 0 Å². The van der Waals surface area contributed by atoms with E-state index in [1.165, 1.54) is 0 Å². The summed E-state index contributed by atoms with van der Waals surface area (Å²) in [7, 11) is 0. The fourth-order valence-electron chi connectivity index (χ4n) is 3.91. The van der Waals surface area contributed by atoms with Gasteiger partial charge in [-0.05, 0) is 24.3 Å². The van der Waals surface area contributed by atoms with Crippen molar-refractivity contribution in [3.8, 4) is 28.7 Å². The zero-order chi connectivity index (χ0) is 21.1. The monoisotopic (exact) mass is 421 g/mol. The molecule has 0 aliphatic carbocycles. The zero-order valence-electron chi connectivity index (χ0n) is 17.0. The van der Waals surface area contributed by atoms with Crippen LogP contribution in [0.2, 0.25) is 0 Å². The van der Waals surface area contributed by atoms with Gasteiger partial charge in [0.25, 0.3) is 11.8 Å². The third kappa shape index (κ3) is 4.17. The number of para-hydroxylation sites is 1. The molecule has 5 rings (SSSR count). The first-order valence-electron chi connectivity index (χ1n) is 10.4. The molecule has 2 fully saturated rings. The van der Waals surface area contributed by atoms with Crippen molar-refractivity contribution >= 4 is 5.91 Å². The highest BCUT2D eigenvalue weighted by Gasteiger charge is 2.40. The highest BCUT2D eigenvalue weighted by molar-refractivity contribution is 5.78. The highest BCUT2D eigenvalue weighted by Crippen LogP contribution is 2.32. The van der Waals surface area contributed by atoms with Crippen LogP contribution in [-0.2, 0) is 14.3 Å². The van der Waals surface area contributed by atoms with Crippen molar-refractivity contribution in [2.75, 3.05) is 32.9 Å². The van der Waals surface area contributed by atoms with Gasteiger partial charge in [-0.3, -0.25) is 4.79 Å². The number of benzene rings is 2. The smallest absolute Gasteiger partial charge is 0.260 e. The second-order valence-electron chi connectivity index (χ2n) is 7.55. The first kappa shape index (κ1) is 19.7. The Balaban J connectivity index is 1.24. The van der Waals surface area contributed by atoms with E-state index < -0.39 is 5.79 Å². The van der Waals surface area contributed by atoms with Gasteiger partial charge in [0.05, 0.1) is 18.8 Å². The molecule has 160 valence electrons. The summed E-state index contributed by atoms with van der Waals surface area (Å²) in [6.07, 6.45) is 1.36. The maximum atomic E-state index is 12.7. The quantitative estimate of drug-likeness (QED) is 0.625. The topological polar surface area (TPSA) is 86.9 Å². The second kappa shape index (κ2) is 8.49. The third-order valence-electron chi connectivity index (χ3n) is 5.61. The standard InChI is InChI=1S/C23H23N3O5/c27-20(26-12-10-23(11-13-26)29-14-15-30-23)16-28-19-9-5-4-8-18(19)22-25-24-21(31-22)17-6-2-1-3-7-17/h1-9H,10-16H2. The number of aromatic nitrogens is 2. The van der Waals surface area contributed by atoms with Crippen LogP contribution in [0.3, 0.4) is 0 Å². The number of amides is 1. The van der Waals surface area contributed by atoms with Crippen LogP contribution >= 0.6 is 0 Å². The van der Waals surface area contributed by atoms with Crippen molar-refractivity contribution in [2.24, 2.45) is 0 Å². The number of ether oxygens (including phenoxy) is 3. The van der Waals surface area contributed by atoms with E-state index in [0.717, 1.165) is 5.56 Å². The molecule has 1 aromatic heterocycles. The van der Waals surface area contributed by atoms with Crippen molar-refractivity contribution in [3.05, 3.63) is 54.6 Å². The number of carbonyl (C=O) groups excluding carboxylic acids is 1. The van der Waals surface area contributed by atoms with Crippen molar-refractivity contribution in [1.29, 1.82) is 0 Å². The van der Waals surface area contributed by atoms with E-state index >= 15 is 0 Å². The van der Waals surface area contributed by atoms with Crippen LogP contribution in [0.5, 0.6) is 5.75 Å². The molecule has 0 saturated carbocycles. The fraction of sp³-hybridized carbons (Fsp3) is 0.348. The molecular weight excluding hydrogens is 398 g/mol. The molecule has 2 aliphatic rings. The van der Waals surface area contributed by atoms with Crippen LogP contribution in [0.1, 0.15) is 12.8 Å². The molecule has 8 nitrogen and oxygen atoms in total. The molecule has 1 spiro atoms. The van der Waals surface area contributed by atoms with Crippen LogP contribution in [0.25, 0.3) is 22.9 Å². The SMILES string of the molecule is O=C(COc1ccccc1-c1nnc(-c2ccccc2)o1)N1CCC2(CC1)OCCO2. The Morgan fingerprint density at radius 2 is 1.61 bits per heavy atom. The lowest BCUT2D eigenvalue weighted by atomic mass is 10.0. The average molecular weight is 421 g/mol. The van der Waals surface area contributed by atoms with E-state index in [2.05, 4.69) is 10.2 Å². The minimum atomic E-state index is -0.501. The van der Waals surface area contributed by atoms with E-state index in [4.69, 9.17) is 18.6 Å². The molecule has 0 N–H and O–H groups in total. The van der Waals surface area contributed by atoms with E-state index in [-0.39, 0.29) is 12.5 Å². The Morgan fingerprint density at radius 3 is 2.39 bits per heavy atom. The number of piperidine rings is 1. The molecule has 3 heterocycles. The molecule has 0 radical (unpaired) electrons. The number of carbonyl (C=O) groups is 1. The first-order valence-corrected chi connectivity index (χ1v) is 10.4. The summed E-state index contributed by atoms with van der Waals surface area (Å²) < 4.78 is 23.2. The molecule has 3 aromatic rings. The van der Waals surface area contributed by atoms with Crippen molar-refractivity contribution in [3.63, 3.8) is 0 Å². The van der Waals surface area contributed by atoms with E-state index in [0.29, 0.717) is 62.2 Å².